The number of nitrogens with one attached hydrogen (secondary N) is 1. The molecule has 1 aromatic carbocycles. The third kappa shape index (κ3) is 1.91. The van der Waals surface area contributed by atoms with Crippen molar-refractivity contribution in [3.63, 3.8) is 0 Å². The summed E-state index contributed by atoms with van der Waals surface area (Å²) in [7, 11) is 1.92. The van der Waals surface area contributed by atoms with E-state index < -0.39 is 0 Å². The molecule has 0 aliphatic rings. The molecule has 0 aromatic heterocycles. The fraction of sp³-hybridized carbons (Fsp3) is 0.400. The highest BCUT2D eigenvalue weighted by atomic mass is 14.8. The van der Waals surface area contributed by atoms with Crippen molar-refractivity contribution < 1.29 is 0 Å². The first-order valence-electron chi connectivity index (χ1n) is 4.34. The number of hydrogen-bond donors (Lipinski definition) is 2. The van der Waals surface area contributed by atoms with E-state index in [0.717, 1.165) is 17.8 Å². The molecule has 0 aliphatic carbocycles. The molecule has 0 saturated heterocycles. The number of nitrogen functional groups attached to an aromatic ring is 1. The van der Waals surface area contributed by atoms with Crippen LogP contribution in [0.1, 0.15) is 18.9 Å². The Kier molecular flexibility index (Phi) is 2.97. The van der Waals surface area contributed by atoms with Crippen LogP contribution in [0.25, 0.3) is 0 Å². The van der Waals surface area contributed by atoms with Crippen LogP contribution in [-0.2, 0) is 6.42 Å². The van der Waals surface area contributed by atoms with Crippen molar-refractivity contribution >= 4 is 11.4 Å². The van der Waals surface area contributed by atoms with Gasteiger partial charge in [-0.25, -0.2) is 0 Å². The van der Waals surface area contributed by atoms with Crippen LogP contribution in [0.3, 0.4) is 0 Å². The largest absolute Gasteiger partial charge is 0.399 e. The molecular weight excluding hydrogens is 148 g/mol. The molecule has 12 heavy (non-hydrogen) atoms. The Morgan fingerprint density at radius 2 is 2.17 bits per heavy atom. The minimum atomic E-state index is 0.819. The average Bonchev–Trinajstić information content (AvgIpc) is 2.08. The Labute approximate surface area is 73.8 Å². The van der Waals surface area contributed by atoms with Crippen LogP contribution in [0.15, 0.2) is 18.2 Å². The number of aryl methyl sites for hydroxylation is 1. The van der Waals surface area contributed by atoms with Gasteiger partial charge in [-0.05, 0) is 24.1 Å². The van der Waals surface area contributed by atoms with Crippen molar-refractivity contribution in [2.45, 2.75) is 19.8 Å². The molecule has 0 amide bonds. The predicted octanol–water partition coefficient (Wildman–Crippen LogP) is 2.26. The molecule has 0 unspecified atom stereocenters. The van der Waals surface area contributed by atoms with Crippen LogP contribution in [0.2, 0.25) is 0 Å². The van der Waals surface area contributed by atoms with E-state index >= 15 is 0 Å². The molecule has 0 saturated carbocycles. The predicted molar refractivity (Wildman–Crippen MR) is 54.4 cm³/mol. The fourth-order valence-corrected chi connectivity index (χ4v) is 1.31. The van der Waals surface area contributed by atoms with Crippen LogP contribution in [0, 0.1) is 0 Å². The molecule has 2 heteroatoms. The van der Waals surface area contributed by atoms with Crippen LogP contribution in [-0.4, -0.2) is 7.05 Å². The third-order valence-corrected chi connectivity index (χ3v) is 1.92. The summed E-state index contributed by atoms with van der Waals surface area (Å²) in [6.45, 7) is 2.18. The van der Waals surface area contributed by atoms with Crippen LogP contribution < -0.4 is 11.1 Å². The van der Waals surface area contributed by atoms with Crippen molar-refractivity contribution in [2.75, 3.05) is 18.1 Å². The molecule has 0 spiro atoms. The number of anilines is 2. The van der Waals surface area contributed by atoms with Gasteiger partial charge in [0.15, 0.2) is 0 Å². The fourth-order valence-electron chi connectivity index (χ4n) is 1.31. The molecule has 0 bridgehead atoms. The zero-order valence-corrected chi connectivity index (χ0v) is 7.72. The second-order valence-electron chi connectivity index (χ2n) is 2.92. The Balaban J connectivity index is 2.94. The third-order valence-electron chi connectivity index (χ3n) is 1.92. The Morgan fingerprint density at radius 1 is 1.42 bits per heavy atom. The highest BCUT2D eigenvalue weighted by molar-refractivity contribution is 5.59. The molecule has 0 radical (unpaired) electrons. The summed E-state index contributed by atoms with van der Waals surface area (Å²) in [5.41, 5.74) is 8.97. The van der Waals surface area contributed by atoms with E-state index in [1.165, 1.54) is 12.0 Å². The highest BCUT2D eigenvalue weighted by Crippen LogP contribution is 2.19. The topological polar surface area (TPSA) is 38.0 Å². The molecule has 0 aliphatic heterocycles. The van der Waals surface area contributed by atoms with E-state index in [1.807, 2.05) is 19.2 Å². The van der Waals surface area contributed by atoms with Gasteiger partial charge in [-0.1, -0.05) is 19.4 Å². The first kappa shape index (κ1) is 8.91. The summed E-state index contributed by atoms with van der Waals surface area (Å²) in [4.78, 5) is 0. The van der Waals surface area contributed by atoms with E-state index in [2.05, 4.69) is 18.3 Å². The van der Waals surface area contributed by atoms with E-state index in [0.29, 0.717) is 0 Å². The van der Waals surface area contributed by atoms with E-state index in [1.54, 1.807) is 0 Å². The van der Waals surface area contributed by atoms with Gasteiger partial charge in [0.05, 0.1) is 0 Å². The lowest BCUT2D eigenvalue weighted by Gasteiger charge is -2.08. The van der Waals surface area contributed by atoms with Gasteiger partial charge in [0.2, 0.25) is 0 Å². The molecule has 3 N–H and O–H groups in total. The number of benzene rings is 1. The van der Waals surface area contributed by atoms with E-state index in [-0.39, 0.29) is 0 Å². The molecule has 1 aromatic rings. The maximum absolute atomic E-state index is 5.66. The summed E-state index contributed by atoms with van der Waals surface area (Å²) in [6.07, 6.45) is 2.27. The maximum Gasteiger partial charge on any atom is 0.0390 e. The van der Waals surface area contributed by atoms with Crippen LogP contribution >= 0.6 is 0 Å². The summed E-state index contributed by atoms with van der Waals surface area (Å²) < 4.78 is 0. The molecule has 0 fully saturated rings. The Bertz CT molecular complexity index is 256. The standard InChI is InChI=1S/C10H16N2/c1-3-4-8-5-6-9(11)7-10(8)12-2/h5-7,12H,3-4,11H2,1-2H3. The number of hydrogen-bond acceptors (Lipinski definition) is 2. The van der Waals surface area contributed by atoms with Gasteiger partial charge in [-0.2, -0.15) is 0 Å². The summed E-state index contributed by atoms with van der Waals surface area (Å²) in [6, 6.07) is 6.02. The minimum Gasteiger partial charge on any atom is -0.399 e. The van der Waals surface area contributed by atoms with E-state index in [4.69, 9.17) is 5.73 Å². The quantitative estimate of drug-likeness (QED) is 0.672. The zero-order valence-electron chi connectivity index (χ0n) is 7.72. The lowest BCUT2D eigenvalue weighted by molar-refractivity contribution is 0.923. The molecule has 66 valence electrons. The van der Waals surface area contributed by atoms with E-state index in [9.17, 15) is 0 Å². The first-order chi connectivity index (χ1) is 5.77. The molecule has 2 nitrogen and oxygen atoms in total. The smallest absolute Gasteiger partial charge is 0.0390 e. The first-order valence-corrected chi connectivity index (χ1v) is 4.34. The summed E-state index contributed by atoms with van der Waals surface area (Å²) >= 11 is 0. The van der Waals surface area contributed by atoms with Gasteiger partial charge < -0.3 is 11.1 Å². The lowest BCUT2D eigenvalue weighted by Crippen LogP contribution is -1.96. The molecule has 0 atom stereocenters. The molecular formula is C10H16N2. The summed E-state index contributed by atoms with van der Waals surface area (Å²) in [5.74, 6) is 0. The van der Waals surface area contributed by atoms with Gasteiger partial charge in [0.25, 0.3) is 0 Å². The number of rotatable bonds is 3. The minimum absolute atomic E-state index is 0.819. The van der Waals surface area contributed by atoms with Gasteiger partial charge in [-0.15, -0.1) is 0 Å². The van der Waals surface area contributed by atoms with Gasteiger partial charge >= 0.3 is 0 Å². The van der Waals surface area contributed by atoms with Crippen molar-refractivity contribution in [3.05, 3.63) is 23.8 Å². The maximum atomic E-state index is 5.66. The Morgan fingerprint density at radius 3 is 2.75 bits per heavy atom. The van der Waals surface area contributed by atoms with Crippen LogP contribution in [0.5, 0.6) is 0 Å². The van der Waals surface area contributed by atoms with Gasteiger partial charge in [0, 0.05) is 18.4 Å². The number of nitrogens with two attached hydrogens (primary N) is 1. The zero-order chi connectivity index (χ0) is 8.97. The normalized spacial score (nSPS) is 9.83. The highest BCUT2D eigenvalue weighted by Gasteiger charge is 1.99. The second kappa shape index (κ2) is 4.00. The summed E-state index contributed by atoms with van der Waals surface area (Å²) in [5, 5.41) is 3.14. The Hall–Kier alpha value is -1.18. The van der Waals surface area contributed by atoms with Crippen molar-refractivity contribution in [3.8, 4) is 0 Å². The lowest BCUT2D eigenvalue weighted by atomic mass is 10.1. The van der Waals surface area contributed by atoms with Gasteiger partial charge in [-0.3, -0.25) is 0 Å². The van der Waals surface area contributed by atoms with Crippen molar-refractivity contribution in [1.29, 1.82) is 0 Å². The molecule has 0 heterocycles. The SMILES string of the molecule is CCCc1ccc(N)cc1NC. The van der Waals surface area contributed by atoms with Crippen molar-refractivity contribution in [1.82, 2.24) is 0 Å². The second-order valence-corrected chi connectivity index (χ2v) is 2.92. The van der Waals surface area contributed by atoms with Gasteiger partial charge in [0.1, 0.15) is 0 Å². The van der Waals surface area contributed by atoms with Crippen molar-refractivity contribution in [2.24, 2.45) is 0 Å². The molecule has 1 rings (SSSR count). The van der Waals surface area contributed by atoms with Crippen LogP contribution in [0.4, 0.5) is 11.4 Å². The monoisotopic (exact) mass is 164 g/mol. The average molecular weight is 164 g/mol.